The summed E-state index contributed by atoms with van der Waals surface area (Å²) in [5, 5.41) is 0.688. The number of rotatable bonds is 5. The van der Waals surface area contributed by atoms with Crippen LogP contribution in [0.25, 0.3) is 6.08 Å². The molecule has 2 fully saturated rings. The molecule has 0 unspecified atom stereocenters. The number of amides is 2. The summed E-state index contributed by atoms with van der Waals surface area (Å²) < 4.78 is 14.2. The fourth-order valence-electron chi connectivity index (χ4n) is 4.85. The molecule has 0 aromatic heterocycles. The van der Waals surface area contributed by atoms with Gasteiger partial charge in [-0.15, -0.1) is 0 Å². The number of halogens is 3. The highest BCUT2D eigenvalue weighted by Gasteiger charge is 2.34. The maximum atomic E-state index is 14.2. The van der Waals surface area contributed by atoms with Crippen molar-refractivity contribution in [3.05, 3.63) is 69.5 Å². The highest BCUT2D eigenvalue weighted by atomic mass is 35.5. The third kappa shape index (κ3) is 6.05. The summed E-state index contributed by atoms with van der Waals surface area (Å²) in [7, 11) is 2.04. The molecule has 2 saturated heterocycles. The summed E-state index contributed by atoms with van der Waals surface area (Å²) in [6.45, 7) is 5.39. The maximum absolute atomic E-state index is 14.2. The summed E-state index contributed by atoms with van der Waals surface area (Å²) >= 11 is 13.2. The summed E-state index contributed by atoms with van der Waals surface area (Å²) in [5.41, 5.74) is 1.79. The van der Waals surface area contributed by atoms with Gasteiger partial charge in [0.15, 0.2) is 0 Å². The Hall–Kier alpha value is -2.41. The Morgan fingerprint density at radius 3 is 2.43 bits per heavy atom. The van der Waals surface area contributed by atoms with Crippen LogP contribution in [0.1, 0.15) is 24.5 Å². The molecule has 5 nitrogen and oxygen atoms in total. The van der Waals surface area contributed by atoms with E-state index in [1.54, 1.807) is 35.2 Å². The largest absolute Gasteiger partial charge is 0.337 e. The van der Waals surface area contributed by atoms with Crippen LogP contribution in [0.3, 0.4) is 0 Å². The Kier molecular flexibility index (Phi) is 8.15. The second kappa shape index (κ2) is 11.1. The molecule has 2 aliphatic rings. The van der Waals surface area contributed by atoms with Crippen molar-refractivity contribution >= 4 is 46.8 Å². The molecule has 0 N–H and O–H groups in total. The van der Waals surface area contributed by atoms with Gasteiger partial charge in [-0.25, -0.2) is 4.39 Å². The summed E-state index contributed by atoms with van der Waals surface area (Å²) in [6, 6.07) is 10.2. The van der Waals surface area contributed by atoms with Crippen molar-refractivity contribution in [3.8, 4) is 0 Å². The zero-order valence-corrected chi connectivity index (χ0v) is 21.5. The topological polar surface area (TPSA) is 43.9 Å². The van der Waals surface area contributed by atoms with Gasteiger partial charge in [-0.2, -0.15) is 0 Å². The van der Waals surface area contributed by atoms with Crippen molar-refractivity contribution in [1.82, 2.24) is 9.80 Å². The third-order valence-electron chi connectivity index (χ3n) is 6.82. The number of piperazine rings is 1. The molecule has 8 heteroatoms. The van der Waals surface area contributed by atoms with Crippen LogP contribution >= 0.6 is 23.2 Å². The van der Waals surface area contributed by atoms with E-state index in [-0.39, 0.29) is 29.5 Å². The molecule has 0 radical (unpaired) electrons. The molecule has 2 aliphatic heterocycles. The first-order chi connectivity index (χ1) is 16.7. The Balaban J connectivity index is 1.51. The fourth-order valence-corrected chi connectivity index (χ4v) is 5.56. The number of piperidine rings is 1. The van der Waals surface area contributed by atoms with Crippen LogP contribution in [0.4, 0.5) is 10.1 Å². The average Bonchev–Trinajstić information content (AvgIpc) is 2.82. The van der Waals surface area contributed by atoms with Crippen LogP contribution in [0.5, 0.6) is 0 Å². The molecule has 0 bridgehead atoms. The van der Waals surface area contributed by atoms with Gasteiger partial charge in [-0.05, 0) is 61.2 Å². The number of benzene rings is 2. The summed E-state index contributed by atoms with van der Waals surface area (Å²) in [6.07, 6.45) is 4.44. The van der Waals surface area contributed by atoms with Crippen molar-refractivity contribution < 1.29 is 14.0 Å². The summed E-state index contributed by atoms with van der Waals surface area (Å²) in [5.74, 6) is -0.486. The van der Waals surface area contributed by atoms with Gasteiger partial charge in [0.05, 0.1) is 15.7 Å². The monoisotopic (exact) mass is 517 g/mol. The van der Waals surface area contributed by atoms with E-state index >= 15 is 0 Å². The van der Waals surface area contributed by atoms with Gasteiger partial charge in [0.25, 0.3) is 0 Å². The number of hydrogen-bond acceptors (Lipinski definition) is 3. The number of carbonyl (C=O) groups is 2. The van der Waals surface area contributed by atoms with E-state index in [2.05, 4.69) is 4.90 Å². The van der Waals surface area contributed by atoms with Gasteiger partial charge in [0.2, 0.25) is 11.8 Å². The first kappa shape index (κ1) is 25.7. The highest BCUT2D eigenvalue weighted by molar-refractivity contribution is 6.40. The molecule has 2 amide bonds. The van der Waals surface area contributed by atoms with Gasteiger partial charge in [0, 0.05) is 44.7 Å². The van der Waals surface area contributed by atoms with Crippen LogP contribution in [-0.2, 0) is 16.0 Å². The Labute approximate surface area is 216 Å². The van der Waals surface area contributed by atoms with Crippen LogP contribution in [-0.4, -0.2) is 61.4 Å². The molecule has 35 heavy (non-hydrogen) atoms. The summed E-state index contributed by atoms with van der Waals surface area (Å²) in [4.78, 5) is 31.2. The van der Waals surface area contributed by atoms with Crippen molar-refractivity contribution in [2.24, 2.45) is 11.8 Å². The lowest BCUT2D eigenvalue weighted by molar-refractivity contribution is -0.127. The normalized spacial score (nSPS) is 21.7. The van der Waals surface area contributed by atoms with Crippen molar-refractivity contribution in [2.45, 2.75) is 19.8 Å². The quantitative estimate of drug-likeness (QED) is 0.515. The van der Waals surface area contributed by atoms with Gasteiger partial charge in [-0.1, -0.05) is 48.3 Å². The second-order valence-corrected chi connectivity index (χ2v) is 10.4. The molecular formula is C27H30Cl2FN3O2. The molecule has 0 aliphatic carbocycles. The first-order valence-corrected chi connectivity index (χ1v) is 12.7. The molecule has 2 aromatic carbocycles. The fraction of sp³-hybridized carbons (Fsp3) is 0.407. The standard InChI is InChI=1S/C27H30Cl2FN3O2/c1-18-13-20(14-21-5-3-4-6-24(21)30)17-33(27(18)35)26-22(28)15-19(16-23(26)29)7-8-25(34)32-11-9-31(2)10-12-32/h3-8,15-16,18,20H,9-14,17H2,1-2H3/b8-7+/t18-,20-/m1/s1. The number of hydrogen-bond donors (Lipinski definition) is 0. The predicted molar refractivity (Wildman–Crippen MR) is 139 cm³/mol. The van der Waals surface area contributed by atoms with Crippen molar-refractivity contribution in [1.29, 1.82) is 0 Å². The van der Waals surface area contributed by atoms with Gasteiger partial charge < -0.3 is 14.7 Å². The lowest BCUT2D eigenvalue weighted by Crippen LogP contribution is -2.46. The zero-order chi connectivity index (χ0) is 25.1. The molecule has 2 heterocycles. The van der Waals surface area contributed by atoms with E-state index in [9.17, 15) is 14.0 Å². The molecule has 2 aromatic rings. The number of likely N-dealkylation sites (N-methyl/N-ethyl adjacent to an activating group) is 1. The predicted octanol–water partition coefficient (Wildman–Crippen LogP) is 5.15. The van der Waals surface area contributed by atoms with Crippen LogP contribution in [0.15, 0.2) is 42.5 Å². The van der Waals surface area contributed by atoms with E-state index in [0.29, 0.717) is 59.3 Å². The van der Waals surface area contributed by atoms with E-state index in [4.69, 9.17) is 23.2 Å². The maximum Gasteiger partial charge on any atom is 0.246 e. The minimum absolute atomic E-state index is 0.0490. The zero-order valence-electron chi connectivity index (χ0n) is 20.0. The minimum Gasteiger partial charge on any atom is -0.337 e. The van der Waals surface area contributed by atoms with Crippen molar-refractivity contribution in [2.75, 3.05) is 44.7 Å². The Bertz CT molecular complexity index is 1110. The number of nitrogens with zero attached hydrogens (tertiary/aromatic N) is 3. The lowest BCUT2D eigenvalue weighted by Gasteiger charge is -2.37. The van der Waals surface area contributed by atoms with E-state index in [1.165, 1.54) is 12.1 Å². The van der Waals surface area contributed by atoms with Crippen LogP contribution in [0, 0.1) is 17.7 Å². The van der Waals surface area contributed by atoms with Crippen molar-refractivity contribution in [3.63, 3.8) is 0 Å². The van der Waals surface area contributed by atoms with E-state index in [1.807, 2.05) is 24.9 Å². The van der Waals surface area contributed by atoms with Crippen LogP contribution < -0.4 is 4.90 Å². The molecule has 186 valence electrons. The molecular weight excluding hydrogens is 488 g/mol. The first-order valence-electron chi connectivity index (χ1n) is 11.9. The van der Waals surface area contributed by atoms with E-state index < -0.39 is 0 Å². The number of anilines is 1. The minimum atomic E-state index is -0.234. The molecule has 0 saturated carbocycles. The molecule has 4 rings (SSSR count). The lowest BCUT2D eigenvalue weighted by atomic mass is 9.85. The number of carbonyl (C=O) groups excluding carboxylic acids is 2. The SMILES string of the molecule is C[C@@H]1C[C@H](Cc2ccccc2F)CN(c2c(Cl)cc(/C=C/C(=O)N3CCN(C)CC3)cc2Cl)C1=O. The average molecular weight is 518 g/mol. The molecule has 0 spiro atoms. The second-order valence-electron chi connectivity index (χ2n) is 9.54. The van der Waals surface area contributed by atoms with Crippen LogP contribution in [0.2, 0.25) is 10.0 Å². The van der Waals surface area contributed by atoms with E-state index in [0.717, 1.165) is 13.1 Å². The Morgan fingerprint density at radius 1 is 1.11 bits per heavy atom. The highest BCUT2D eigenvalue weighted by Crippen LogP contribution is 2.39. The van der Waals surface area contributed by atoms with Gasteiger partial charge in [-0.3, -0.25) is 9.59 Å². The van der Waals surface area contributed by atoms with Gasteiger partial charge in [0.1, 0.15) is 5.82 Å². The Morgan fingerprint density at radius 2 is 1.77 bits per heavy atom. The van der Waals surface area contributed by atoms with Gasteiger partial charge >= 0.3 is 0 Å². The third-order valence-corrected chi connectivity index (χ3v) is 7.40. The molecule has 2 atom stereocenters. The smallest absolute Gasteiger partial charge is 0.246 e.